The summed E-state index contributed by atoms with van der Waals surface area (Å²) in [5.74, 6) is 0.210. The Hall–Kier alpha value is -3.48. The summed E-state index contributed by atoms with van der Waals surface area (Å²) < 4.78 is 10.6. The molecule has 7 nitrogen and oxygen atoms in total. The van der Waals surface area contributed by atoms with Crippen molar-refractivity contribution in [2.75, 3.05) is 17.7 Å². The molecule has 0 saturated carbocycles. The number of hydrogen-bond acceptors (Lipinski definition) is 4. The Morgan fingerprint density at radius 2 is 1.73 bits per heavy atom. The van der Waals surface area contributed by atoms with Crippen LogP contribution in [0, 0.1) is 13.8 Å². The lowest BCUT2D eigenvalue weighted by molar-refractivity contribution is 0.0635. The number of H-pyrrole nitrogens is 1. The first-order chi connectivity index (χ1) is 14.1. The quantitative estimate of drug-likeness (QED) is 0.538. The second kappa shape index (κ2) is 8.10. The van der Waals surface area contributed by atoms with Crippen LogP contribution in [-0.2, 0) is 4.74 Å². The fourth-order valence-electron chi connectivity index (χ4n) is 3.10. The van der Waals surface area contributed by atoms with E-state index in [-0.39, 0.29) is 5.91 Å². The molecule has 7 heteroatoms. The van der Waals surface area contributed by atoms with Gasteiger partial charge in [0, 0.05) is 27.8 Å². The monoisotopic (exact) mass is 409 g/mol. The molecule has 0 bridgehead atoms. The number of aromatic nitrogens is 1. The number of benzene rings is 2. The lowest BCUT2D eigenvalue weighted by Crippen LogP contribution is -2.27. The fraction of sp³-hybridized carbons (Fsp3) is 0.304. The van der Waals surface area contributed by atoms with E-state index >= 15 is 0 Å². The SMILES string of the molecule is COc1ccc(NC(=O)c2ccc3[nH]c(C)c(C)c3c2)cc1NC(=O)OC(C)(C)C. The molecule has 0 spiro atoms. The van der Waals surface area contributed by atoms with Crippen LogP contribution in [0.25, 0.3) is 10.9 Å². The molecule has 0 fully saturated rings. The number of carbonyl (C=O) groups excluding carboxylic acids is 2. The third-order valence-electron chi connectivity index (χ3n) is 4.66. The third kappa shape index (κ3) is 4.74. The van der Waals surface area contributed by atoms with Crippen molar-refractivity contribution in [1.29, 1.82) is 0 Å². The summed E-state index contributed by atoms with van der Waals surface area (Å²) in [4.78, 5) is 28.2. The van der Waals surface area contributed by atoms with Crippen molar-refractivity contribution in [3.63, 3.8) is 0 Å². The molecule has 2 aromatic carbocycles. The van der Waals surface area contributed by atoms with E-state index in [1.807, 2.05) is 26.0 Å². The van der Waals surface area contributed by atoms with Crippen molar-refractivity contribution in [3.8, 4) is 5.75 Å². The largest absolute Gasteiger partial charge is 0.495 e. The number of aromatic amines is 1. The molecule has 0 unspecified atom stereocenters. The molecule has 0 aliphatic rings. The van der Waals surface area contributed by atoms with E-state index in [1.165, 1.54) is 7.11 Å². The van der Waals surface area contributed by atoms with Crippen LogP contribution < -0.4 is 15.4 Å². The maximum absolute atomic E-state index is 12.8. The van der Waals surface area contributed by atoms with Crippen molar-refractivity contribution < 1.29 is 19.1 Å². The van der Waals surface area contributed by atoms with Crippen LogP contribution in [0.4, 0.5) is 16.2 Å². The molecule has 0 aliphatic carbocycles. The highest BCUT2D eigenvalue weighted by Crippen LogP contribution is 2.29. The number of carbonyl (C=O) groups is 2. The van der Waals surface area contributed by atoms with Crippen molar-refractivity contribution >= 4 is 34.3 Å². The van der Waals surface area contributed by atoms with E-state index < -0.39 is 11.7 Å². The minimum atomic E-state index is -0.628. The van der Waals surface area contributed by atoms with Gasteiger partial charge in [0.25, 0.3) is 5.91 Å². The van der Waals surface area contributed by atoms with Crippen molar-refractivity contribution in [2.24, 2.45) is 0 Å². The standard InChI is InChI=1S/C23H27N3O4/c1-13-14(2)24-18-9-7-15(11-17(13)18)21(27)25-16-8-10-20(29-6)19(12-16)26-22(28)30-23(3,4)5/h7-12,24H,1-6H3,(H,25,27)(H,26,28). The second-order valence-corrected chi connectivity index (χ2v) is 8.13. The van der Waals surface area contributed by atoms with Crippen LogP contribution in [0.5, 0.6) is 5.75 Å². The second-order valence-electron chi connectivity index (χ2n) is 8.13. The first kappa shape index (κ1) is 21.2. The van der Waals surface area contributed by atoms with E-state index in [2.05, 4.69) is 15.6 Å². The zero-order valence-electron chi connectivity index (χ0n) is 18.1. The van der Waals surface area contributed by atoms with Crippen LogP contribution in [0.3, 0.4) is 0 Å². The summed E-state index contributed by atoms with van der Waals surface area (Å²) in [5, 5.41) is 6.55. The maximum Gasteiger partial charge on any atom is 0.412 e. The van der Waals surface area contributed by atoms with Crippen molar-refractivity contribution in [3.05, 3.63) is 53.2 Å². The Labute approximate surface area is 175 Å². The van der Waals surface area contributed by atoms with Gasteiger partial charge in [0.1, 0.15) is 11.4 Å². The number of hydrogen-bond donors (Lipinski definition) is 3. The average molecular weight is 409 g/mol. The topological polar surface area (TPSA) is 92.5 Å². The summed E-state index contributed by atoms with van der Waals surface area (Å²) in [6.45, 7) is 9.38. The molecule has 0 aliphatic heterocycles. The summed E-state index contributed by atoms with van der Waals surface area (Å²) in [6, 6.07) is 10.5. The molecule has 2 amide bonds. The number of fused-ring (bicyclic) bond motifs is 1. The molecule has 1 heterocycles. The highest BCUT2D eigenvalue weighted by Gasteiger charge is 2.18. The first-order valence-corrected chi connectivity index (χ1v) is 9.65. The minimum Gasteiger partial charge on any atom is -0.495 e. The fourth-order valence-corrected chi connectivity index (χ4v) is 3.10. The van der Waals surface area contributed by atoms with Gasteiger partial charge in [-0.15, -0.1) is 0 Å². The molecular formula is C23H27N3O4. The Morgan fingerprint density at radius 3 is 2.40 bits per heavy atom. The van der Waals surface area contributed by atoms with Gasteiger partial charge in [-0.3, -0.25) is 10.1 Å². The highest BCUT2D eigenvalue weighted by molar-refractivity contribution is 6.07. The van der Waals surface area contributed by atoms with Crippen molar-refractivity contribution in [1.82, 2.24) is 4.98 Å². The Balaban J connectivity index is 1.81. The van der Waals surface area contributed by atoms with Gasteiger partial charge < -0.3 is 19.8 Å². The molecule has 0 atom stereocenters. The van der Waals surface area contributed by atoms with Gasteiger partial charge in [0.15, 0.2) is 0 Å². The maximum atomic E-state index is 12.8. The van der Waals surface area contributed by atoms with Crippen LogP contribution in [0.2, 0.25) is 0 Å². The Kier molecular flexibility index (Phi) is 5.73. The zero-order chi connectivity index (χ0) is 22.1. The lowest BCUT2D eigenvalue weighted by atomic mass is 10.1. The van der Waals surface area contributed by atoms with Crippen LogP contribution in [0.1, 0.15) is 42.4 Å². The number of rotatable bonds is 4. The predicted molar refractivity (Wildman–Crippen MR) is 119 cm³/mol. The van der Waals surface area contributed by atoms with Gasteiger partial charge in [-0.2, -0.15) is 0 Å². The molecule has 30 heavy (non-hydrogen) atoms. The van der Waals surface area contributed by atoms with Gasteiger partial charge in [0.2, 0.25) is 0 Å². The van der Waals surface area contributed by atoms with E-state index in [9.17, 15) is 9.59 Å². The van der Waals surface area contributed by atoms with Gasteiger partial charge >= 0.3 is 6.09 Å². The van der Waals surface area contributed by atoms with Crippen LogP contribution in [0.15, 0.2) is 36.4 Å². The van der Waals surface area contributed by atoms with E-state index in [4.69, 9.17) is 9.47 Å². The highest BCUT2D eigenvalue weighted by atomic mass is 16.6. The molecule has 3 aromatic rings. The smallest absolute Gasteiger partial charge is 0.412 e. The van der Waals surface area contributed by atoms with Gasteiger partial charge in [-0.05, 0) is 76.6 Å². The molecule has 1 aromatic heterocycles. The number of methoxy groups -OCH3 is 1. The van der Waals surface area contributed by atoms with E-state index in [0.29, 0.717) is 22.7 Å². The summed E-state index contributed by atoms with van der Waals surface area (Å²) in [7, 11) is 1.50. The summed E-state index contributed by atoms with van der Waals surface area (Å²) >= 11 is 0. The van der Waals surface area contributed by atoms with Gasteiger partial charge in [-0.25, -0.2) is 4.79 Å². The van der Waals surface area contributed by atoms with Crippen molar-refractivity contribution in [2.45, 2.75) is 40.2 Å². The number of nitrogens with one attached hydrogen (secondary N) is 3. The first-order valence-electron chi connectivity index (χ1n) is 9.65. The lowest BCUT2D eigenvalue weighted by Gasteiger charge is -2.20. The molecule has 3 N–H and O–H groups in total. The Bertz CT molecular complexity index is 1110. The van der Waals surface area contributed by atoms with E-state index in [0.717, 1.165) is 22.2 Å². The number of ether oxygens (including phenoxy) is 2. The number of aryl methyl sites for hydroxylation is 2. The summed E-state index contributed by atoms with van der Waals surface area (Å²) in [5.41, 5.74) is 4.03. The molecule has 0 radical (unpaired) electrons. The minimum absolute atomic E-state index is 0.247. The molecule has 3 rings (SSSR count). The third-order valence-corrected chi connectivity index (χ3v) is 4.66. The van der Waals surface area contributed by atoms with Gasteiger partial charge in [-0.1, -0.05) is 0 Å². The Morgan fingerprint density at radius 1 is 1.00 bits per heavy atom. The zero-order valence-corrected chi connectivity index (χ0v) is 18.1. The molecule has 158 valence electrons. The van der Waals surface area contributed by atoms with Crippen LogP contribution >= 0.6 is 0 Å². The average Bonchev–Trinajstić information content (AvgIpc) is 2.94. The number of anilines is 2. The predicted octanol–water partition coefficient (Wildman–Crippen LogP) is 5.39. The molecular weight excluding hydrogens is 382 g/mol. The number of amides is 2. The summed E-state index contributed by atoms with van der Waals surface area (Å²) in [6.07, 6.45) is -0.604. The molecule has 0 saturated heterocycles. The van der Waals surface area contributed by atoms with E-state index in [1.54, 1.807) is 45.0 Å². The van der Waals surface area contributed by atoms with Gasteiger partial charge in [0.05, 0.1) is 12.8 Å². The normalized spacial score (nSPS) is 11.3. The van der Waals surface area contributed by atoms with Crippen LogP contribution in [-0.4, -0.2) is 29.7 Å².